The van der Waals surface area contributed by atoms with Crippen molar-refractivity contribution in [1.29, 1.82) is 0 Å². The van der Waals surface area contributed by atoms with Crippen LogP contribution in [0.5, 0.6) is 0 Å². The number of carbonyl (C=O) groups excluding carboxylic acids is 2. The lowest BCUT2D eigenvalue weighted by Gasteiger charge is -2.37. The summed E-state index contributed by atoms with van der Waals surface area (Å²) in [5.74, 6) is 0.286. The summed E-state index contributed by atoms with van der Waals surface area (Å²) in [6.45, 7) is 3.76. The lowest BCUT2D eigenvalue weighted by atomic mass is 9.94. The molecule has 2 heterocycles. The van der Waals surface area contributed by atoms with Crippen molar-refractivity contribution in [1.82, 2.24) is 20.0 Å². The van der Waals surface area contributed by atoms with Crippen molar-refractivity contribution in [3.63, 3.8) is 0 Å². The molecule has 1 saturated carbocycles. The second-order valence-electron chi connectivity index (χ2n) is 7.75. The van der Waals surface area contributed by atoms with E-state index >= 15 is 0 Å². The normalized spacial score (nSPS) is 29.0. The van der Waals surface area contributed by atoms with E-state index < -0.39 is 6.10 Å². The van der Waals surface area contributed by atoms with Gasteiger partial charge in [-0.05, 0) is 19.3 Å². The monoisotopic (exact) mass is 352 g/mol. The first-order valence-electron chi connectivity index (χ1n) is 9.73. The molecule has 3 aliphatic rings. The average molecular weight is 352 g/mol. The molecule has 2 saturated heterocycles. The van der Waals surface area contributed by atoms with Gasteiger partial charge in [-0.3, -0.25) is 14.5 Å². The Morgan fingerprint density at radius 3 is 2.40 bits per heavy atom. The highest BCUT2D eigenvalue weighted by Gasteiger charge is 2.33. The Morgan fingerprint density at radius 1 is 1.12 bits per heavy atom. The molecule has 3 fully saturated rings. The smallest absolute Gasteiger partial charge is 0.239 e. The first-order valence-corrected chi connectivity index (χ1v) is 9.73. The summed E-state index contributed by atoms with van der Waals surface area (Å²) in [7, 11) is 1.94. The number of hydrogen-bond donors (Lipinski definition) is 2. The molecule has 0 aromatic carbocycles. The minimum atomic E-state index is -0.414. The topological polar surface area (TPSA) is 76.1 Å². The largest absolute Gasteiger partial charge is 0.392 e. The van der Waals surface area contributed by atoms with E-state index in [1.165, 1.54) is 19.3 Å². The van der Waals surface area contributed by atoms with Crippen LogP contribution in [0.1, 0.15) is 38.5 Å². The van der Waals surface area contributed by atoms with Crippen LogP contribution in [0.25, 0.3) is 0 Å². The molecule has 2 atom stereocenters. The van der Waals surface area contributed by atoms with E-state index in [0.29, 0.717) is 38.6 Å². The quantitative estimate of drug-likeness (QED) is 0.723. The van der Waals surface area contributed by atoms with E-state index in [9.17, 15) is 14.7 Å². The van der Waals surface area contributed by atoms with Crippen LogP contribution < -0.4 is 5.32 Å². The molecule has 0 radical (unpaired) electrons. The van der Waals surface area contributed by atoms with E-state index in [0.717, 1.165) is 25.9 Å². The fraction of sp³-hybridized carbons (Fsp3) is 0.889. The van der Waals surface area contributed by atoms with Gasteiger partial charge in [-0.15, -0.1) is 0 Å². The Hall–Kier alpha value is -1.18. The third-order valence-electron chi connectivity index (χ3n) is 5.96. The first-order chi connectivity index (χ1) is 12.0. The molecule has 2 amide bonds. The number of likely N-dealkylation sites (N-methyl/N-ethyl adjacent to an activating group) is 1. The Morgan fingerprint density at radius 2 is 1.80 bits per heavy atom. The number of β-amino-alcohol motifs (C(OH)–C–C–N with tert-alkyl or cyclic N) is 1. The van der Waals surface area contributed by atoms with E-state index in [4.69, 9.17) is 0 Å². The molecule has 25 heavy (non-hydrogen) atoms. The minimum absolute atomic E-state index is 0.0850. The predicted octanol–water partition coefficient (Wildman–Crippen LogP) is -0.355. The average Bonchev–Trinajstić information content (AvgIpc) is 3.08. The van der Waals surface area contributed by atoms with Crippen molar-refractivity contribution in [2.24, 2.45) is 0 Å². The number of aliphatic hydroxyl groups excluding tert-OH is 1. The SMILES string of the molecule is CN(C(=O)CN1CCN(C(=O)C2CC(O)CN2)CC1)C1CCCCC1. The van der Waals surface area contributed by atoms with Gasteiger partial charge in [0.15, 0.2) is 0 Å². The lowest BCUT2D eigenvalue weighted by molar-refractivity contribution is -0.137. The molecular weight excluding hydrogens is 320 g/mol. The summed E-state index contributed by atoms with van der Waals surface area (Å²) in [6, 6.07) is 0.157. The number of carbonyl (C=O) groups is 2. The number of amides is 2. The zero-order chi connectivity index (χ0) is 17.8. The van der Waals surface area contributed by atoms with Crippen LogP contribution in [0.3, 0.4) is 0 Å². The summed E-state index contributed by atoms with van der Waals surface area (Å²) in [5.41, 5.74) is 0. The van der Waals surface area contributed by atoms with Gasteiger partial charge in [0.25, 0.3) is 0 Å². The summed E-state index contributed by atoms with van der Waals surface area (Å²) >= 11 is 0. The maximum Gasteiger partial charge on any atom is 0.239 e. The Labute approximate surface area is 150 Å². The molecule has 0 aromatic heterocycles. The zero-order valence-corrected chi connectivity index (χ0v) is 15.3. The lowest BCUT2D eigenvalue weighted by Crippen LogP contribution is -2.55. The first kappa shape index (κ1) is 18.6. The second kappa shape index (κ2) is 8.47. The van der Waals surface area contributed by atoms with E-state index in [2.05, 4.69) is 10.2 Å². The molecular formula is C18H32N4O3. The van der Waals surface area contributed by atoms with Crippen molar-refractivity contribution in [3.05, 3.63) is 0 Å². The van der Waals surface area contributed by atoms with Crippen LogP contribution in [-0.2, 0) is 9.59 Å². The fourth-order valence-electron chi connectivity index (χ4n) is 4.23. The Balaban J connectivity index is 1.41. The molecule has 0 aromatic rings. The molecule has 0 spiro atoms. The van der Waals surface area contributed by atoms with Gasteiger partial charge < -0.3 is 20.2 Å². The second-order valence-corrected chi connectivity index (χ2v) is 7.75. The van der Waals surface area contributed by atoms with Gasteiger partial charge in [-0.25, -0.2) is 0 Å². The van der Waals surface area contributed by atoms with Crippen LogP contribution in [0.2, 0.25) is 0 Å². The standard InChI is InChI=1S/C18H32N4O3/c1-20(14-5-3-2-4-6-14)17(24)13-21-7-9-22(10-8-21)18(25)16-11-15(23)12-19-16/h14-16,19,23H,2-13H2,1H3. The van der Waals surface area contributed by atoms with Gasteiger partial charge in [0.1, 0.15) is 0 Å². The molecule has 0 bridgehead atoms. The van der Waals surface area contributed by atoms with Gasteiger partial charge in [0, 0.05) is 45.8 Å². The van der Waals surface area contributed by atoms with Crippen molar-refractivity contribution >= 4 is 11.8 Å². The van der Waals surface area contributed by atoms with Crippen LogP contribution >= 0.6 is 0 Å². The fourth-order valence-corrected chi connectivity index (χ4v) is 4.23. The zero-order valence-electron chi connectivity index (χ0n) is 15.3. The highest BCUT2D eigenvalue weighted by molar-refractivity contribution is 5.82. The van der Waals surface area contributed by atoms with E-state index in [1.807, 2.05) is 16.8 Å². The van der Waals surface area contributed by atoms with Crippen LogP contribution in [0.4, 0.5) is 0 Å². The number of hydrogen-bond acceptors (Lipinski definition) is 5. The number of aliphatic hydroxyl groups is 1. The summed E-state index contributed by atoms with van der Waals surface area (Å²) < 4.78 is 0. The van der Waals surface area contributed by atoms with Gasteiger partial charge >= 0.3 is 0 Å². The van der Waals surface area contributed by atoms with E-state index in [1.54, 1.807) is 0 Å². The maximum absolute atomic E-state index is 12.5. The van der Waals surface area contributed by atoms with Crippen molar-refractivity contribution < 1.29 is 14.7 Å². The third-order valence-corrected chi connectivity index (χ3v) is 5.96. The maximum atomic E-state index is 12.5. The summed E-state index contributed by atoms with van der Waals surface area (Å²) in [4.78, 5) is 30.9. The molecule has 7 nitrogen and oxygen atoms in total. The van der Waals surface area contributed by atoms with Crippen LogP contribution in [0, 0.1) is 0 Å². The Bertz CT molecular complexity index is 473. The van der Waals surface area contributed by atoms with E-state index in [-0.39, 0.29) is 17.9 Å². The number of rotatable bonds is 4. The molecule has 3 rings (SSSR count). The summed E-state index contributed by atoms with van der Waals surface area (Å²) in [5, 5.41) is 12.6. The van der Waals surface area contributed by atoms with Gasteiger partial charge in [-0.2, -0.15) is 0 Å². The number of nitrogens with one attached hydrogen (secondary N) is 1. The Kier molecular flexibility index (Phi) is 6.30. The molecule has 2 aliphatic heterocycles. The van der Waals surface area contributed by atoms with Crippen molar-refractivity contribution in [3.8, 4) is 0 Å². The van der Waals surface area contributed by atoms with Crippen molar-refractivity contribution in [2.45, 2.75) is 56.7 Å². The van der Waals surface area contributed by atoms with Crippen LogP contribution in [0.15, 0.2) is 0 Å². The molecule has 1 aliphatic carbocycles. The van der Waals surface area contributed by atoms with Crippen LogP contribution in [-0.4, -0.2) is 96.1 Å². The highest BCUT2D eigenvalue weighted by atomic mass is 16.3. The minimum Gasteiger partial charge on any atom is -0.392 e. The number of nitrogens with zero attached hydrogens (tertiary/aromatic N) is 3. The highest BCUT2D eigenvalue weighted by Crippen LogP contribution is 2.22. The molecule has 7 heteroatoms. The predicted molar refractivity (Wildman–Crippen MR) is 95.1 cm³/mol. The van der Waals surface area contributed by atoms with Gasteiger partial charge in [0.05, 0.1) is 18.7 Å². The number of piperazine rings is 1. The van der Waals surface area contributed by atoms with Gasteiger partial charge in [-0.1, -0.05) is 19.3 Å². The van der Waals surface area contributed by atoms with Gasteiger partial charge in [0.2, 0.25) is 11.8 Å². The molecule has 2 N–H and O–H groups in total. The molecule has 2 unspecified atom stereocenters. The third kappa shape index (κ3) is 4.71. The van der Waals surface area contributed by atoms with Crippen molar-refractivity contribution in [2.75, 3.05) is 46.3 Å². The molecule has 142 valence electrons. The summed E-state index contributed by atoms with van der Waals surface area (Å²) in [6.07, 6.45) is 6.10.